The second-order valence-corrected chi connectivity index (χ2v) is 7.13. The van der Waals surface area contributed by atoms with Crippen LogP contribution in [0.1, 0.15) is 33.9 Å². The van der Waals surface area contributed by atoms with Crippen LogP contribution < -0.4 is 5.32 Å². The summed E-state index contributed by atoms with van der Waals surface area (Å²) in [6.07, 6.45) is 0.788. The van der Waals surface area contributed by atoms with Crippen LogP contribution in [0.3, 0.4) is 0 Å². The van der Waals surface area contributed by atoms with Crippen molar-refractivity contribution in [3.8, 4) is 11.3 Å². The summed E-state index contributed by atoms with van der Waals surface area (Å²) in [6.45, 7) is 7.13. The summed E-state index contributed by atoms with van der Waals surface area (Å²) in [5.74, 6) is -0.158. The molecule has 7 nitrogen and oxygen atoms in total. The molecule has 3 aromatic heterocycles. The van der Waals surface area contributed by atoms with Gasteiger partial charge in [-0.3, -0.25) is 9.48 Å². The third-order valence-electron chi connectivity index (χ3n) is 4.87. The number of amides is 1. The van der Waals surface area contributed by atoms with Gasteiger partial charge in [0.05, 0.1) is 28.0 Å². The fourth-order valence-electron chi connectivity index (χ4n) is 3.46. The average molecular weight is 389 g/mol. The van der Waals surface area contributed by atoms with Crippen LogP contribution in [-0.2, 0) is 6.54 Å². The predicted octanol–water partition coefficient (Wildman–Crippen LogP) is 3.83. The van der Waals surface area contributed by atoms with Gasteiger partial charge in [-0.15, -0.1) is 0 Å². The molecule has 0 atom stereocenters. The smallest absolute Gasteiger partial charge is 0.259 e. The fourth-order valence-corrected chi connectivity index (χ4v) is 3.46. The van der Waals surface area contributed by atoms with Crippen LogP contribution in [0.5, 0.6) is 0 Å². The molecule has 7 heteroatoms. The van der Waals surface area contributed by atoms with Gasteiger partial charge in [0.25, 0.3) is 11.6 Å². The Labute approximate surface area is 168 Å². The Morgan fingerprint density at radius 3 is 2.66 bits per heavy atom. The number of nitrogens with one attached hydrogen (secondary N) is 1. The van der Waals surface area contributed by atoms with Gasteiger partial charge in [-0.25, -0.2) is 4.98 Å². The Morgan fingerprint density at radius 1 is 1.14 bits per heavy atom. The molecule has 0 aliphatic heterocycles. The van der Waals surface area contributed by atoms with E-state index < -0.39 is 0 Å². The summed E-state index contributed by atoms with van der Waals surface area (Å²) in [5, 5.41) is 12.1. The Balaban J connectivity index is 1.53. The number of fused-ring (bicyclic) bond motifs is 1. The lowest BCUT2D eigenvalue weighted by Crippen LogP contribution is -2.26. The van der Waals surface area contributed by atoms with Crippen molar-refractivity contribution < 1.29 is 9.32 Å². The molecule has 0 aliphatic carbocycles. The second-order valence-electron chi connectivity index (χ2n) is 7.13. The van der Waals surface area contributed by atoms with Gasteiger partial charge >= 0.3 is 0 Å². The summed E-state index contributed by atoms with van der Waals surface area (Å²) >= 11 is 0. The van der Waals surface area contributed by atoms with E-state index in [2.05, 4.69) is 20.6 Å². The zero-order valence-corrected chi connectivity index (χ0v) is 16.8. The third-order valence-corrected chi connectivity index (χ3v) is 4.87. The summed E-state index contributed by atoms with van der Waals surface area (Å²) in [4.78, 5) is 17.5. The van der Waals surface area contributed by atoms with E-state index in [9.17, 15) is 4.79 Å². The zero-order chi connectivity index (χ0) is 20.4. The number of benzene rings is 1. The third kappa shape index (κ3) is 3.89. The number of pyridine rings is 1. The van der Waals surface area contributed by atoms with E-state index in [1.54, 1.807) is 6.07 Å². The Bertz CT molecular complexity index is 1160. The Kier molecular flexibility index (Phi) is 5.12. The molecule has 0 fully saturated rings. The summed E-state index contributed by atoms with van der Waals surface area (Å²) in [6, 6.07) is 13.6. The molecule has 1 aromatic carbocycles. The SMILES string of the molecule is Cc1cc(C)n(CCCNC(=O)c2cc(-c3ccccc3)nc3onc(C)c23)n1. The van der Waals surface area contributed by atoms with E-state index in [4.69, 9.17) is 4.52 Å². The molecule has 3 heterocycles. The van der Waals surface area contributed by atoms with Gasteiger partial charge in [0, 0.05) is 24.3 Å². The number of carbonyl (C=O) groups is 1. The molecular formula is C22H23N5O2. The van der Waals surface area contributed by atoms with Crippen molar-refractivity contribution in [1.82, 2.24) is 25.2 Å². The monoisotopic (exact) mass is 389 g/mol. The first-order chi connectivity index (χ1) is 14.0. The van der Waals surface area contributed by atoms with Crippen LogP contribution >= 0.6 is 0 Å². The number of rotatable bonds is 6. The van der Waals surface area contributed by atoms with Gasteiger partial charge < -0.3 is 9.84 Å². The molecule has 1 amide bonds. The van der Waals surface area contributed by atoms with Crippen molar-refractivity contribution in [2.24, 2.45) is 0 Å². The standard InChI is InChI=1S/C22H23N5O2/c1-14-12-15(2)27(25-14)11-7-10-23-21(28)18-13-19(17-8-5-4-6-9-17)24-22-20(18)16(3)26-29-22/h4-6,8-9,12-13H,7,10-11H2,1-3H3,(H,23,28). The van der Waals surface area contributed by atoms with Crippen LogP contribution in [0.2, 0.25) is 0 Å². The maximum Gasteiger partial charge on any atom is 0.259 e. The molecule has 0 saturated heterocycles. The van der Waals surface area contributed by atoms with Crippen molar-refractivity contribution in [1.29, 1.82) is 0 Å². The van der Waals surface area contributed by atoms with Crippen LogP contribution in [0.4, 0.5) is 0 Å². The van der Waals surface area contributed by atoms with E-state index in [1.807, 2.05) is 61.9 Å². The number of hydrogen-bond donors (Lipinski definition) is 1. The van der Waals surface area contributed by atoms with Gasteiger partial charge in [0.2, 0.25) is 0 Å². The summed E-state index contributed by atoms with van der Waals surface area (Å²) < 4.78 is 7.31. The number of hydrogen-bond acceptors (Lipinski definition) is 5. The molecule has 4 rings (SSSR count). The highest BCUT2D eigenvalue weighted by atomic mass is 16.5. The fraction of sp³-hybridized carbons (Fsp3) is 0.273. The van der Waals surface area contributed by atoms with E-state index in [0.717, 1.165) is 29.9 Å². The van der Waals surface area contributed by atoms with E-state index in [-0.39, 0.29) is 5.91 Å². The van der Waals surface area contributed by atoms with E-state index >= 15 is 0 Å². The molecule has 0 unspecified atom stereocenters. The van der Waals surface area contributed by atoms with Gasteiger partial charge in [-0.05, 0) is 39.3 Å². The Morgan fingerprint density at radius 2 is 1.93 bits per heavy atom. The van der Waals surface area contributed by atoms with Crippen LogP contribution in [0.25, 0.3) is 22.4 Å². The Hall–Kier alpha value is -3.48. The number of carbonyl (C=O) groups excluding carboxylic acids is 1. The lowest BCUT2D eigenvalue weighted by Gasteiger charge is -2.09. The highest BCUT2D eigenvalue weighted by Crippen LogP contribution is 2.26. The van der Waals surface area contributed by atoms with Crippen LogP contribution in [0, 0.1) is 20.8 Å². The lowest BCUT2D eigenvalue weighted by atomic mass is 10.1. The molecule has 29 heavy (non-hydrogen) atoms. The minimum absolute atomic E-state index is 0.158. The summed E-state index contributed by atoms with van der Waals surface area (Å²) in [7, 11) is 0. The minimum atomic E-state index is -0.158. The molecule has 0 aliphatic rings. The molecule has 4 aromatic rings. The van der Waals surface area contributed by atoms with Gasteiger partial charge in [-0.2, -0.15) is 5.10 Å². The van der Waals surface area contributed by atoms with Crippen molar-refractivity contribution in [2.45, 2.75) is 33.7 Å². The largest absolute Gasteiger partial charge is 0.352 e. The zero-order valence-electron chi connectivity index (χ0n) is 16.8. The second kappa shape index (κ2) is 7.87. The van der Waals surface area contributed by atoms with Gasteiger partial charge in [0.15, 0.2) is 0 Å². The van der Waals surface area contributed by atoms with E-state index in [1.165, 1.54) is 0 Å². The predicted molar refractivity (Wildman–Crippen MR) is 111 cm³/mol. The van der Waals surface area contributed by atoms with Crippen molar-refractivity contribution in [3.63, 3.8) is 0 Å². The van der Waals surface area contributed by atoms with Crippen molar-refractivity contribution >= 4 is 17.0 Å². The van der Waals surface area contributed by atoms with Gasteiger partial charge in [0.1, 0.15) is 0 Å². The van der Waals surface area contributed by atoms with Crippen LogP contribution in [-0.4, -0.2) is 32.4 Å². The first-order valence-corrected chi connectivity index (χ1v) is 9.64. The molecule has 0 bridgehead atoms. The topological polar surface area (TPSA) is 85.8 Å². The molecule has 1 N–H and O–H groups in total. The highest BCUT2D eigenvalue weighted by molar-refractivity contribution is 6.06. The maximum atomic E-state index is 12.9. The number of nitrogens with zero attached hydrogens (tertiary/aromatic N) is 4. The average Bonchev–Trinajstić information content (AvgIpc) is 3.26. The maximum absolute atomic E-state index is 12.9. The van der Waals surface area contributed by atoms with Crippen molar-refractivity contribution in [3.05, 3.63) is 65.1 Å². The highest BCUT2D eigenvalue weighted by Gasteiger charge is 2.19. The summed E-state index contributed by atoms with van der Waals surface area (Å²) in [5.41, 5.74) is 5.28. The van der Waals surface area contributed by atoms with E-state index in [0.29, 0.717) is 34.6 Å². The lowest BCUT2D eigenvalue weighted by molar-refractivity contribution is 0.0954. The van der Waals surface area contributed by atoms with Crippen molar-refractivity contribution in [2.75, 3.05) is 6.54 Å². The normalized spacial score (nSPS) is 11.1. The quantitative estimate of drug-likeness (QED) is 0.507. The van der Waals surface area contributed by atoms with Crippen LogP contribution in [0.15, 0.2) is 47.0 Å². The molecule has 0 saturated carbocycles. The number of aryl methyl sites for hydroxylation is 4. The molecule has 0 spiro atoms. The first-order valence-electron chi connectivity index (χ1n) is 9.64. The molecule has 148 valence electrons. The minimum Gasteiger partial charge on any atom is -0.352 e. The number of aromatic nitrogens is 4. The molecular weight excluding hydrogens is 366 g/mol. The van der Waals surface area contributed by atoms with Gasteiger partial charge in [-0.1, -0.05) is 35.5 Å². The first kappa shape index (κ1) is 18.9. The molecule has 0 radical (unpaired) electrons.